The molecule has 0 radical (unpaired) electrons. The molecular formula is C9H12N2O4S. The van der Waals surface area contributed by atoms with Crippen LogP contribution < -0.4 is 5.32 Å². The third-order valence-electron chi connectivity index (χ3n) is 2.43. The van der Waals surface area contributed by atoms with E-state index < -0.39 is 9.84 Å². The molecule has 16 heavy (non-hydrogen) atoms. The average molecular weight is 244 g/mol. The Morgan fingerprint density at radius 2 is 2.38 bits per heavy atom. The molecule has 0 bridgehead atoms. The Morgan fingerprint density at radius 3 is 2.88 bits per heavy atom. The van der Waals surface area contributed by atoms with Crippen molar-refractivity contribution in [3.8, 4) is 0 Å². The summed E-state index contributed by atoms with van der Waals surface area (Å²) in [6, 6.07) is 1.20. The highest BCUT2D eigenvalue weighted by Gasteiger charge is 2.29. The van der Waals surface area contributed by atoms with Crippen molar-refractivity contribution in [2.75, 3.05) is 11.5 Å². The van der Waals surface area contributed by atoms with Crippen LogP contribution in [0.25, 0.3) is 0 Å². The van der Waals surface area contributed by atoms with Gasteiger partial charge in [-0.1, -0.05) is 5.16 Å². The second kappa shape index (κ2) is 3.89. The van der Waals surface area contributed by atoms with Crippen molar-refractivity contribution in [3.63, 3.8) is 0 Å². The molecule has 6 nitrogen and oxygen atoms in total. The van der Waals surface area contributed by atoms with E-state index in [1.807, 2.05) is 0 Å². The number of carbonyl (C=O) groups excluding carboxylic acids is 1. The zero-order chi connectivity index (χ0) is 11.8. The third-order valence-corrected chi connectivity index (χ3v) is 4.20. The molecule has 1 aromatic heterocycles. The van der Waals surface area contributed by atoms with Crippen molar-refractivity contribution < 1.29 is 17.7 Å². The van der Waals surface area contributed by atoms with E-state index in [4.69, 9.17) is 4.52 Å². The number of sulfone groups is 1. The van der Waals surface area contributed by atoms with Crippen molar-refractivity contribution in [1.82, 2.24) is 10.5 Å². The van der Waals surface area contributed by atoms with Crippen molar-refractivity contribution in [1.29, 1.82) is 0 Å². The molecule has 1 aliphatic heterocycles. The van der Waals surface area contributed by atoms with Crippen molar-refractivity contribution in [2.45, 2.75) is 19.4 Å². The van der Waals surface area contributed by atoms with Gasteiger partial charge in [0.15, 0.2) is 15.5 Å². The van der Waals surface area contributed by atoms with E-state index in [2.05, 4.69) is 10.5 Å². The second-order valence-electron chi connectivity index (χ2n) is 3.90. The van der Waals surface area contributed by atoms with Crippen molar-refractivity contribution in [2.24, 2.45) is 0 Å². The fraction of sp³-hybridized carbons (Fsp3) is 0.556. The first-order chi connectivity index (χ1) is 7.46. The summed E-state index contributed by atoms with van der Waals surface area (Å²) in [6.07, 6.45) is 0.463. The third kappa shape index (κ3) is 2.41. The number of hydrogen-bond acceptors (Lipinski definition) is 5. The SMILES string of the molecule is Cc1cc(C(=O)N[C@@H]2CCS(=O)(=O)C2)no1. The summed E-state index contributed by atoms with van der Waals surface area (Å²) in [5.74, 6) is 0.300. The quantitative estimate of drug-likeness (QED) is 0.784. The van der Waals surface area contributed by atoms with Crippen LogP contribution in [-0.4, -0.2) is 37.0 Å². The number of amides is 1. The van der Waals surface area contributed by atoms with Gasteiger partial charge in [0.2, 0.25) is 0 Å². The average Bonchev–Trinajstić information content (AvgIpc) is 2.73. The summed E-state index contributed by atoms with van der Waals surface area (Å²) >= 11 is 0. The van der Waals surface area contributed by atoms with Crippen LogP contribution in [0.15, 0.2) is 10.6 Å². The van der Waals surface area contributed by atoms with E-state index in [0.717, 1.165) is 0 Å². The van der Waals surface area contributed by atoms with E-state index in [1.54, 1.807) is 6.92 Å². The Labute approximate surface area is 92.9 Å². The highest BCUT2D eigenvalue weighted by atomic mass is 32.2. The van der Waals surface area contributed by atoms with E-state index >= 15 is 0 Å². The smallest absolute Gasteiger partial charge is 0.273 e. The number of aromatic nitrogens is 1. The Kier molecular flexibility index (Phi) is 2.71. The molecule has 1 amide bonds. The molecule has 0 aliphatic carbocycles. The normalized spacial score (nSPS) is 23.2. The van der Waals surface area contributed by atoms with Gasteiger partial charge in [-0.2, -0.15) is 0 Å². The molecule has 1 fully saturated rings. The molecule has 2 rings (SSSR count). The number of hydrogen-bond donors (Lipinski definition) is 1. The standard InChI is InChI=1S/C9H12N2O4S/c1-6-4-8(11-15-6)9(12)10-7-2-3-16(13,14)5-7/h4,7H,2-3,5H2,1H3,(H,10,12)/t7-/m1/s1. The number of nitrogens with zero attached hydrogens (tertiary/aromatic N) is 1. The van der Waals surface area contributed by atoms with E-state index in [0.29, 0.717) is 12.2 Å². The molecule has 1 atom stereocenters. The van der Waals surface area contributed by atoms with E-state index in [-0.39, 0.29) is 29.1 Å². The molecular weight excluding hydrogens is 232 g/mol. The number of nitrogens with one attached hydrogen (secondary N) is 1. The van der Waals surface area contributed by atoms with Gasteiger partial charge in [-0.3, -0.25) is 4.79 Å². The molecule has 2 heterocycles. The molecule has 0 saturated carbocycles. The predicted octanol–water partition coefficient (Wildman–Crippen LogP) is -0.100. The molecule has 0 aromatic carbocycles. The first kappa shape index (κ1) is 11.1. The summed E-state index contributed by atoms with van der Waals surface area (Å²) in [5, 5.41) is 6.18. The van der Waals surface area contributed by atoms with Crippen LogP contribution in [0.3, 0.4) is 0 Å². The fourth-order valence-electron chi connectivity index (χ4n) is 1.64. The lowest BCUT2D eigenvalue weighted by Crippen LogP contribution is -2.35. The second-order valence-corrected chi connectivity index (χ2v) is 6.12. The topological polar surface area (TPSA) is 89.3 Å². The Bertz CT molecular complexity index is 505. The lowest BCUT2D eigenvalue weighted by Gasteiger charge is -2.08. The van der Waals surface area contributed by atoms with Gasteiger partial charge in [-0.25, -0.2) is 8.42 Å². The van der Waals surface area contributed by atoms with E-state index in [1.165, 1.54) is 6.07 Å². The van der Waals surface area contributed by atoms with Crippen LogP contribution in [-0.2, 0) is 9.84 Å². The van der Waals surface area contributed by atoms with Gasteiger partial charge in [-0.05, 0) is 13.3 Å². The monoisotopic (exact) mass is 244 g/mol. The number of rotatable bonds is 2. The van der Waals surface area contributed by atoms with Gasteiger partial charge in [-0.15, -0.1) is 0 Å². The Balaban J connectivity index is 1.99. The highest BCUT2D eigenvalue weighted by Crippen LogP contribution is 2.12. The fourth-order valence-corrected chi connectivity index (χ4v) is 3.31. The Morgan fingerprint density at radius 1 is 1.62 bits per heavy atom. The molecule has 1 aromatic rings. The zero-order valence-electron chi connectivity index (χ0n) is 8.76. The van der Waals surface area contributed by atoms with Gasteiger partial charge >= 0.3 is 0 Å². The van der Waals surface area contributed by atoms with Crippen LogP contribution in [0.2, 0.25) is 0 Å². The van der Waals surface area contributed by atoms with E-state index in [9.17, 15) is 13.2 Å². The van der Waals surface area contributed by atoms with Gasteiger partial charge in [0, 0.05) is 12.1 Å². The maximum atomic E-state index is 11.6. The van der Waals surface area contributed by atoms with Crippen LogP contribution in [0.1, 0.15) is 22.7 Å². The van der Waals surface area contributed by atoms with Crippen LogP contribution in [0.4, 0.5) is 0 Å². The van der Waals surface area contributed by atoms with Gasteiger partial charge in [0.05, 0.1) is 11.5 Å². The molecule has 7 heteroatoms. The minimum Gasteiger partial charge on any atom is -0.361 e. The predicted molar refractivity (Wildman–Crippen MR) is 55.8 cm³/mol. The number of aryl methyl sites for hydroxylation is 1. The minimum absolute atomic E-state index is 0.00950. The van der Waals surface area contributed by atoms with Crippen molar-refractivity contribution >= 4 is 15.7 Å². The summed E-state index contributed by atoms with van der Waals surface area (Å²) in [7, 11) is -2.98. The summed E-state index contributed by atoms with van der Waals surface area (Å²) in [6.45, 7) is 1.68. The first-order valence-corrected chi connectivity index (χ1v) is 6.73. The minimum atomic E-state index is -2.98. The summed E-state index contributed by atoms with van der Waals surface area (Å²) in [4.78, 5) is 11.6. The maximum Gasteiger partial charge on any atom is 0.273 e. The highest BCUT2D eigenvalue weighted by molar-refractivity contribution is 7.91. The lowest BCUT2D eigenvalue weighted by atomic mass is 10.2. The molecule has 88 valence electrons. The summed E-state index contributed by atoms with van der Waals surface area (Å²) in [5.41, 5.74) is 0.182. The zero-order valence-corrected chi connectivity index (χ0v) is 9.58. The van der Waals surface area contributed by atoms with Gasteiger partial charge < -0.3 is 9.84 Å². The van der Waals surface area contributed by atoms with Crippen LogP contribution in [0, 0.1) is 6.92 Å². The van der Waals surface area contributed by atoms with Gasteiger partial charge in [0.25, 0.3) is 5.91 Å². The van der Waals surface area contributed by atoms with Gasteiger partial charge in [0.1, 0.15) is 5.76 Å². The Hall–Kier alpha value is -1.37. The van der Waals surface area contributed by atoms with Crippen molar-refractivity contribution in [3.05, 3.63) is 17.5 Å². The molecule has 1 N–H and O–H groups in total. The molecule has 0 spiro atoms. The lowest BCUT2D eigenvalue weighted by molar-refractivity contribution is 0.0932. The first-order valence-electron chi connectivity index (χ1n) is 4.91. The molecule has 0 unspecified atom stereocenters. The number of carbonyl (C=O) groups is 1. The molecule has 1 aliphatic rings. The largest absolute Gasteiger partial charge is 0.361 e. The molecule has 1 saturated heterocycles. The maximum absolute atomic E-state index is 11.6. The summed E-state index contributed by atoms with van der Waals surface area (Å²) < 4.78 is 27.1. The van der Waals surface area contributed by atoms with Crippen LogP contribution >= 0.6 is 0 Å². The van der Waals surface area contributed by atoms with Crippen LogP contribution in [0.5, 0.6) is 0 Å².